The standard InChI is InChI=1S/C18H16N4O4/c1-11-15(17(24)22(21-11)12-7-3-2-4-8-12)20-19-14-10-6-5-9-13(14)16(23)18(25)26/h2-10,15-16,23H,1H3,(H,25,26). The van der Waals surface area contributed by atoms with Gasteiger partial charge >= 0.3 is 5.97 Å². The summed E-state index contributed by atoms with van der Waals surface area (Å²) in [5, 5.41) is 32.3. The summed E-state index contributed by atoms with van der Waals surface area (Å²) < 4.78 is 0. The fourth-order valence-corrected chi connectivity index (χ4v) is 2.51. The van der Waals surface area contributed by atoms with E-state index in [9.17, 15) is 14.7 Å². The fourth-order valence-electron chi connectivity index (χ4n) is 2.51. The number of anilines is 1. The Morgan fingerprint density at radius 2 is 1.81 bits per heavy atom. The number of hydrazone groups is 1. The molecule has 2 aromatic carbocycles. The Labute approximate surface area is 149 Å². The first-order chi connectivity index (χ1) is 12.5. The lowest BCUT2D eigenvalue weighted by atomic mass is 10.1. The van der Waals surface area contributed by atoms with Crippen molar-refractivity contribution in [1.82, 2.24) is 0 Å². The van der Waals surface area contributed by atoms with E-state index >= 15 is 0 Å². The summed E-state index contributed by atoms with van der Waals surface area (Å²) in [6.07, 6.45) is -1.72. The largest absolute Gasteiger partial charge is 0.479 e. The molecule has 0 saturated carbocycles. The van der Waals surface area contributed by atoms with Crippen LogP contribution in [0, 0.1) is 0 Å². The zero-order valence-electron chi connectivity index (χ0n) is 13.9. The molecule has 2 atom stereocenters. The molecule has 8 heteroatoms. The molecular formula is C18H16N4O4. The maximum atomic E-state index is 12.6. The smallest absolute Gasteiger partial charge is 0.337 e. The second-order valence-electron chi connectivity index (χ2n) is 5.64. The Morgan fingerprint density at radius 1 is 1.15 bits per heavy atom. The number of carbonyl (C=O) groups excluding carboxylic acids is 1. The number of carboxylic acid groups (broad SMARTS) is 1. The van der Waals surface area contributed by atoms with Crippen molar-refractivity contribution < 1.29 is 19.8 Å². The molecule has 0 saturated heterocycles. The molecule has 0 spiro atoms. The molecule has 0 radical (unpaired) electrons. The number of para-hydroxylation sites is 1. The number of aliphatic hydroxyl groups is 1. The van der Waals surface area contributed by atoms with E-state index in [1.807, 2.05) is 6.07 Å². The van der Waals surface area contributed by atoms with Gasteiger partial charge in [0.15, 0.2) is 12.1 Å². The van der Waals surface area contributed by atoms with Gasteiger partial charge in [0.05, 0.1) is 17.1 Å². The number of amides is 1. The van der Waals surface area contributed by atoms with Crippen molar-refractivity contribution in [2.45, 2.75) is 19.1 Å². The molecule has 0 aliphatic carbocycles. The quantitative estimate of drug-likeness (QED) is 0.805. The van der Waals surface area contributed by atoms with Crippen LogP contribution < -0.4 is 5.01 Å². The number of hydrogen-bond donors (Lipinski definition) is 2. The van der Waals surface area contributed by atoms with E-state index in [0.29, 0.717) is 11.4 Å². The molecule has 1 aliphatic heterocycles. The second-order valence-corrected chi connectivity index (χ2v) is 5.64. The maximum Gasteiger partial charge on any atom is 0.337 e. The van der Waals surface area contributed by atoms with Gasteiger partial charge in [-0.15, -0.1) is 0 Å². The number of carboxylic acids is 1. The monoisotopic (exact) mass is 352 g/mol. The zero-order valence-corrected chi connectivity index (χ0v) is 13.9. The number of rotatable bonds is 5. The van der Waals surface area contributed by atoms with Crippen molar-refractivity contribution >= 4 is 29.0 Å². The molecule has 3 rings (SSSR count). The Kier molecular flexibility index (Phi) is 4.85. The molecule has 1 aliphatic rings. The van der Waals surface area contributed by atoms with Crippen molar-refractivity contribution in [2.24, 2.45) is 15.3 Å². The van der Waals surface area contributed by atoms with Crippen LogP contribution in [0.3, 0.4) is 0 Å². The number of hydrogen-bond acceptors (Lipinski definition) is 6. The maximum absolute atomic E-state index is 12.6. The van der Waals surface area contributed by atoms with Crippen molar-refractivity contribution in [3.8, 4) is 0 Å². The van der Waals surface area contributed by atoms with Crippen LogP contribution in [-0.2, 0) is 9.59 Å². The van der Waals surface area contributed by atoms with E-state index in [1.165, 1.54) is 17.1 Å². The highest BCUT2D eigenvalue weighted by Crippen LogP contribution is 2.27. The molecule has 26 heavy (non-hydrogen) atoms. The fraction of sp³-hybridized carbons (Fsp3) is 0.167. The molecule has 2 aromatic rings. The zero-order chi connectivity index (χ0) is 18.7. The number of carbonyl (C=O) groups is 2. The van der Waals surface area contributed by atoms with E-state index in [-0.39, 0.29) is 17.2 Å². The Hall–Kier alpha value is -3.39. The van der Waals surface area contributed by atoms with Gasteiger partial charge in [-0.2, -0.15) is 20.3 Å². The van der Waals surface area contributed by atoms with Crippen LogP contribution in [0.1, 0.15) is 18.6 Å². The Morgan fingerprint density at radius 3 is 2.50 bits per heavy atom. The highest BCUT2D eigenvalue weighted by Gasteiger charge is 2.34. The van der Waals surface area contributed by atoms with Crippen LogP contribution in [0.5, 0.6) is 0 Å². The number of nitrogens with zero attached hydrogens (tertiary/aromatic N) is 4. The minimum absolute atomic E-state index is 0.101. The van der Waals surface area contributed by atoms with Crippen molar-refractivity contribution in [3.05, 3.63) is 60.2 Å². The van der Waals surface area contributed by atoms with Gasteiger partial charge in [0.2, 0.25) is 0 Å². The number of aliphatic carboxylic acids is 1. The number of benzene rings is 2. The minimum atomic E-state index is -1.72. The second kappa shape index (κ2) is 7.24. The van der Waals surface area contributed by atoms with Gasteiger partial charge < -0.3 is 10.2 Å². The van der Waals surface area contributed by atoms with Crippen molar-refractivity contribution in [1.29, 1.82) is 0 Å². The van der Waals surface area contributed by atoms with Crippen molar-refractivity contribution in [2.75, 3.05) is 5.01 Å². The predicted molar refractivity (Wildman–Crippen MR) is 94.4 cm³/mol. The van der Waals surface area contributed by atoms with Gasteiger partial charge in [-0.1, -0.05) is 36.4 Å². The van der Waals surface area contributed by atoms with Gasteiger partial charge in [-0.25, -0.2) is 4.79 Å². The van der Waals surface area contributed by atoms with Crippen LogP contribution >= 0.6 is 0 Å². The van der Waals surface area contributed by atoms with E-state index in [0.717, 1.165) is 0 Å². The molecule has 0 fully saturated rings. The van der Waals surface area contributed by atoms with Crippen LogP contribution in [0.4, 0.5) is 11.4 Å². The summed E-state index contributed by atoms with van der Waals surface area (Å²) in [4.78, 5) is 23.6. The Bertz CT molecular complexity index is 895. The average molecular weight is 352 g/mol. The third kappa shape index (κ3) is 3.35. The van der Waals surface area contributed by atoms with Crippen molar-refractivity contribution in [3.63, 3.8) is 0 Å². The third-order valence-electron chi connectivity index (χ3n) is 3.84. The van der Waals surface area contributed by atoms with Gasteiger partial charge in [-0.3, -0.25) is 4.79 Å². The summed E-state index contributed by atoms with van der Waals surface area (Å²) in [6.45, 7) is 1.67. The first-order valence-corrected chi connectivity index (χ1v) is 7.84. The lowest BCUT2D eigenvalue weighted by Gasteiger charge is -2.12. The third-order valence-corrected chi connectivity index (χ3v) is 3.84. The summed E-state index contributed by atoms with van der Waals surface area (Å²) in [6, 6.07) is 14.2. The molecule has 0 bridgehead atoms. The van der Waals surface area contributed by atoms with Crippen LogP contribution in [0.2, 0.25) is 0 Å². The molecule has 0 aromatic heterocycles. The normalized spacial score (nSPS) is 18.2. The first kappa shape index (κ1) is 17.4. The Balaban J connectivity index is 1.85. The van der Waals surface area contributed by atoms with Crippen LogP contribution in [0.15, 0.2) is 69.9 Å². The van der Waals surface area contributed by atoms with Gasteiger partial charge in [0, 0.05) is 5.56 Å². The highest BCUT2D eigenvalue weighted by atomic mass is 16.4. The SMILES string of the molecule is CC1=NN(c2ccccc2)C(=O)C1N=Nc1ccccc1C(O)C(=O)O. The first-order valence-electron chi connectivity index (χ1n) is 7.84. The predicted octanol–water partition coefficient (Wildman–Crippen LogP) is 2.68. The minimum Gasteiger partial charge on any atom is -0.479 e. The highest BCUT2D eigenvalue weighted by molar-refractivity contribution is 6.18. The summed E-state index contributed by atoms with van der Waals surface area (Å²) >= 11 is 0. The van der Waals surface area contributed by atoms with Gasteiger partial charge in [0.1, 0.15) is 0 Å². The summed E-state index contributed by atoms with van der Waals surface area (Å²) in [5.74, 6) is -1.74. The molecule has 1 amide bonds. The topological polar surface area (TPSA) is 115 Å². The average Bonchev–Trinajstić information content (AvgIpc) is 2.94. The molecular weight excluding hydrogens is 336 g/mol. The summed E-state index contributed by atoms with van der Waals surface area (Å²) in [5.41, 5.74) is 1.37. The lowest BCUT2D eigenvalue weighted by molar-refractivity contribution is -0.146. The number of aliphatic hydroxyl groups excluding tert-OH is 1. The van der Waals surface area contributed by atoms with E-state index in [4.69, 9.17) is 5.11 Å². The van der Waals surface area contributed by atoms with Crippen LogP contribution in [-0.4, -0.2) is 33.8 Å². The summed E-state index contributed by atoms with van der Waals surface area (Å²) in [7, 11) is 0. The lowest BCUT2D eigenvalue weighted by Crippen LogP contribution is -2.29. The van der Waals surface area contributed by atoms with Gasteiger partial charge in [-0.05, 0) is 25.1 Å². The number of azo groups is 1. The molecule has 2 N–H and O–H groups in total. The van der Waals surface area contributed by atoms with E-state index in [2.05, 4.69) is 15.3 Å². The molecule has 2 unspecified atom stereocenters. The van der Waals surface area contributed by atoms with E-state index < -0.39 is 18.1 Å². The molecule has 8 nitrogen and oxygen atoms in total. The van der Waals surface area contributed by atoms with Gasteiger partial charge in [0.25, 0.3) is 5.91 Å². The molecule has 1 heterocycles. The molecule has 132 valence electrons. The van der Waals surface area contributed by atoms with Crippen LogP contribution in [0.25, 0.3) is 0 Å². The van der Waals surface area contributed by atoms with E-state index in [1.54, 1.807) is 43.3 Å².